The van der Waals surface area contributed by atoms with Crippen LogP contribution in [0.5, 0.6) is 0 Å². The van der Waals surface area contributed by atoms with Crippen molar-refractivity contribution in [2.45, 2.75) is 19.9 Å². The Bertz CT molecular complexity index is 312. The SMILES string of the molecule is CCN(CCCO)Cc1nc(N)nc(N)n1. The van der Waals surface area contributed by atoms with Crippen LogP contribution in [0, 0.1) is 0 Å². The second-order valence-electron chi connectivity index (χ2n) is 3.41. The number of hydrogen-bond acceptors (Lipinski definition) is 7. The molecular weight excluding hydrogens is 208 g/mol. The summed E-state index contributed by atoms with van der Waals surface area (Å²) < 4.78 is 0. The lowest BCUT2D eigenvalue weighted by atomic mass is 10.3. The van der Waals surface area contributed by atoms with Gasteiger partial charge in [-0.15, -0.1) is 0 Å². The van der Waals surface area contributed by atoms with Gasteiger partial charge < -0.3 is 16.6 Å². The first-order valence-electron chi connectivity index (χ1n) is 5.24. The van der Waals surface area contributed by atoms with E-state index in [1.807, 2.05) is 6.92 Å². The molecule has 5 N–H and O–H groups in total. The van der Waals surface area contributed by atoms with E-state index < -0.39 is 0 Å². The molecule has 90 valence electrons. The van der Waals surface area contributed by atoms with Gasteiger partial charge in [0.1, 0.15) is 5.82 Å². The molecule has 1 heterocycles. The molecule has 0 fully saturated rings. The van der Waals surface area contributed by atoms with E-state index in [0.717, 1.165) is 19.5 Å². The standard InChI is InChI=1S/C9H18N6O/c1-2-15(4-3-5-16)6-7-12-8(10)14-9(11)13-7/h16H,2-6H2,1H3,(H4,10,11,12,13,14). The van der Waals surface area contributed by atoms with Crippen molar-refractivity contribution in [2.75, 3.05) is 31.2 Å². The highest BCUT2D eigenvalue weighted by Crippen LogP contribution is 2.03. The number of rotatable bonds is 6. The number of anilines is 2. The minimum absolute atomic E-state index is 0.140. The van der Waals surface area contributed by atoms with Crippen LogP contribution >= 0.6 is 0 Å². The van der Waals surface area contributed by atoms with Crippen LogP contribution in [-0.4, -0.2) is 44.7 Å². The summed E-state index contributed by atoms with van der Waals surface area (Å²) in [4.78, 5) is 13.8. The van der Waals surface area contributed by atoms with Gasteiger partial charge in [-0.3, -0.25) is 4.90 Å². The number of aliphatic hydroxyl groups is 1. The number of aromatic nitrogens is 3. The van der Waals surface area contributed by atoms with Crippen molar-refractivity contribution < 1.29 is 5.11 Å². The van der Waals surface area contributed by atoms with Crippen LogP contribution in [-0.2, 0) is 6.54 Å². The summed E-state index contributed by atoms with van der Waals surface area (Å²) in [6, 6.07) is 0. The molecule has 0 saturated heterocycles. The van der Waals surface area contributed by atoms with Gasteiger partial charge in [-0.05, 0) is 13.0 Å². The smallest absolute Gasteiger partial charge is 0.225 e. The molecule has 0 radical (unpaired) electrons. The predicted molar refractivity (Wildman–Crippen MR) is 61.3 cm³/mol. The van der Waals surface area contributed by atoms with Crippen molar-refractivity contribution in [2.24, 2.45) is 0 Å². The highest BCUT2D eigenvalue weighted by atomic mass is 16.3. The Kier molecular flexibility index (Phi) is 4.87. The van der Waals surface area contributed by atoms with Crippen LogP contribution < -0.4 is 11.5 Å². The molecule has 0 unspecified atom stereocenters. The van der Waals surface area contributed by atoms with Crippen molar-refractivity contribution in [1.29, 1.82) is 0 Å². The first-order valence-corrected chi connectivity index (χ1v) is 5.24. The Morgan fingerprint density at radius 2 is 1.81 bits per heavy atom. The lowest BCUT2D eigenvalue weighted by Crippen LogP contribution is -2.26. The third kappa shape index (κ3) is 3.95. The molecular formula is C9H18N6O. The number of hydrogen-bond donors (Lipinski definition) is 3. The second-order valence-corrected chi connectivity index (χ2v) is 3.41. The molecule has 0 amide bonds. The van der Waals surface area contributed by atoms with Gasteiger partial charge in [-0.25, -0.2) is 0 Å². The summed E-state index contributed by atoms with van der Waals surface area (Å²) in [7, 11) is 0. The van der Waals surface area contributed by atoms with Gasteiger partial charge in [0.25, 0.3) is 0 Å². The molecule has 1 aromatic rings. The fourth-order valence-electron chi connectivity index (χ4n) is 1.37. The fraction of sp³-hybridized carbons (Fsp3) is 0.667. The van der Waals surface area contributed by atoms with Crippen LogP contribution in [0.1, 0.15) is 19.2 Å². The third-order valence-electron chi connectivity index (χ3n) is 2.16. The lowest BCUT2D eigenvalue weighted by molar-refractivity contribution is 0.222. The number of nitrogens with two attached hydrogens (primary N) is 2. The summed E-state index contributed by atoms with van der Waals surface area (Å²) in [5, 5.41) is 8.76. The topological polar surface area (TPSA) is 114 Å². The monoisotopic (exact) mass is 226 g/mol. The highest BCUT2D eigenvalue weighted by molar-refractivity contribution is 5.25. The minimum Gasteiger partial charge on any atom is -0.396 e. The molecule has 0 spiro atoms. The van der Waals surface area contributed by atoms with Crippen LogP contribution in [0.3, 0.4) is 0 Å². The van der Waals surface area contributed by atoms with Gasteiger partial charge in [-0.1, -0.05) is 6.92 Å². The largest absolute Gasteiger partial charge is 0.396 e. The Hall–Kier alpha value is -1.47. The van der Waals surface area contributed by atoms with Gasteiger partial charge in [0.05, 0.1) is 6.54 Å². The zero-order valence-corrected chi connectivity index (χ0v) is 9.43. The maximum absolute atomic E-state index is 8.76. The third-order valence-corrected chi connectivity index (χ3v) is 2.16. The van der Waals surface area contributed by atoms with E-state index in [1.165, 1.54) is 0 Å². The number of aliphatic hydroxyl groups excluding tert-OH is 1. The molecule has 1 rings (SSSR count). The molecule has 1 aromatic heterocycles. The van der Waals surface area contributed by atoms with E-state index in [1.54, 1.807) is 0 Å². The summed E-state index contributed by atoms with van der Waals surface area (Å²) in [6.07, 6.45) is 0.726. The lowest BCUT2D eigenvalue weighted by Gasteiger charge is -2.18. The molecule has 0 aliphatic heterocycles. The Balaban J connectivity index is 2.62. The first-order chi connectivity index (χ1) is 7.65. The van der Waals surface area contributed by atoms with E-state index in [0.29, 0.717) is 12.4 Å². The molecule has 16 heavy (non-hydrogen) atoms. The van der Waals surface area contributed by atoms with Crippen molar-refractivity contribution in [1.82, 2.24) is 19.9 Å². The predicted octanol–water partition coefficient (Wildman–Crippen LogP) is -0.760. The molecule has 0 aromatic carbocycles. The average Bonchev–Trinajstić information content (AvgIpc) is 2.22. The first kappa shape index (κ1) is 12.6. The quantitative estimate of drug-likeness (QED) is 0.584. The zero-order valence-electron chi connectivity index (χ0n) is 9.43. The summed E-state index contributed by atoms with van der Waals surface area (Å²) >= 11 is 0. The Morgan fingerprint density at radius 1 is 1.19 bits per heavy atom. The van der Waals surface area contributed by atoms with Crippen molar-refractivity contribution in [3.05, 3.63) is 5.82 Å². The molecule has 7 heteroatoms. The van der Waals surface area contributed by atoms with E-state index in [-0.39, 0.29) is 18.5 Å². The van der Waals surface area contributed by atoms with Crippen LogP contribution in [0.15, 0.2) is 0 Å². The van der Waals surface area contributed by atoms with Gasteiger partial charge >= 0.3 is 0 Å². The molecule has 0 aliphatic carbocycles. The van der Waals surface area contributed by atoms with Crippen molar-refractivity contribution >= 4 is 11.9 Å². The van der Waals surface area contributed by atoms with Crippen LogP contribution in [0.2, 0.25) is 0 Å². The highest BCUT2D eigenvalue weighted by Gasteiger charge is 2.07. The second kappa shape index (κ2) is 6.19. The molecule has 0 aliphatic rings. The molecule has 0 bridgehead atoms. The Labute approximate surface area is 94.5 Å². The van der Waals surface area contributed by atoms with E-state index in [2.05, 4.69) is 19.9 Å². The fourth-order valence-corrected chi connectivity index (χ4v) is 1.37. The maximum atomic E-state index is 8.76. The Morgan fingerprint density at radius 3 is 2.31 bits per heavy atom. The van der Waals surface area contributed by atoms with E-state index in [4.69, 9.17) is 16.6 Å². The average molecular weight is 226 g/mol. The molecule has 0 atom stereocenters. The summed E-state index contributed by atoms with van der Waals surface area (Å²) in [5.74, 6) is 0.839. The van der Waals surface area contributed by atoms with Gasteiger partial charge in [-0.2, -0.15) is 15.0 Å². The van der Waals surface area contributed by atoms with Crippen molar-refractivity contribution in [3.63, 3.8) is 0 Å². The molecule has 7 nitrogen and oxygen atoms in total. The maximum Gasteiger partial charge on any atom is 0.225 e. The number of nitrogen functional groups attached to an aromatic ring is 2. The minimum atomic E-state index is 0.140. The van der Waals surface area contributed by atoms with Gasteiger partial charge in [0, 0.05) is 13.2 Å². The summed E-state index contributed by atoms with van der Waals surface area (Å²) in [6.45, 7) is 4.42. The normalized spacial score (nSPS) is 10.9. The van der Waals surface area contributed by atoms with Crippen LogP contribution in [0.25, 0.3) is 0 Å². The van der Waals surface area contributed by atoms with Gasteiger partial charge in [0.2, 0.25) is 11.9 Å². The van der Waals surface area contributed by atoms with Gasteiger partial charge in [0.15, 0.2) is 0 Å². The van der Waals surface area contributed by atoms with Crippen LogP contribution in [0.4, 0.5) is 11.9 Å². The van der Waals surface area contributed by atoms with E-state index in [9.17, 15) is 0 Å². The number of nitrogens with zero attached hydrogens (tertiary/aromatic N) is 4. The molecule has 0 saturated carbocycles. The summed E-state index contributed by atoms with van der Waals surface area (Å²) in [5.41, 5.74) is 11.0. The zero-order chi connectivity index (χ0) is 12.0. The van der Waals surface area contributed by atoms with Crippen molar-refractivity contribution in [3.8, 4) is 0 Å². The van der Waals surface area contributed by atoms with E-state index >= 15 is 0 Å².